The Bertz CT molecular complexity index is 1360. The summed E-state index contributed by atoms with van der Waals surface area (Å²) < 4.78 is 11.9. The topological polar surface area (TPSA) is 58.0 Å². The Balaban J connectivity index is 1.26. The van der Waals surface area contributed by atoms with Crippen LogP contribution in [0.4, 0.5) is 11.4 Å². The molecule has 0 aliphatic carbocycles. The van der Waals surface area contributed by atoms with Gasteiger partial charge in [-0.05, 0) is 31.2 Å². The Kier molecular flexibility index (Phi) is 6.73. The first-order valence-corrected chi connectivity index (χ1v) is 12.1. The van der Waals surface area contributed by atoms with Crippen LogP contribution in [0.25, 0.3) is 22.3 Å². The highest BCUT2D eigenvalue weighted by atomic mass is 16.5. The Hall–Kier alpha value is -3.77. The Morgan fingerprint density at radius 2 is 1.66 bits per heavy atom. The minimum Gasteiger partial charge on any atom is -0.495 e. The molecule has 0 amide bonds. The van der Waals surface area contributed by atoms with Crippen LogP contribution in [0.1, 0.15) is 5.56 Å². The van der Waals surface area contributed by atoms with Gasteiger partial charge in [-0.15, -0.1) is 0 Å². The summed E-state index contributed by atoms with van der Waals surface area (Å²) in [5.41, 5.74) is 4.18. The van der Waals surface area contributed by atoms with Crippen LogP contribution in [0.2, 0.25) is 0 Å². The van der Waals surface area contributed by atoms with Gasteiger partial charge in [-0.3, -0.25) is 9.69 Å². The summed E-state index contributed by atoms with van der Waals surface area (Å²) in [5.74, 6) is 1.55. The second-order valence-corrected chi connectivity index (χ2v) is 8.86. The lowest BCUT2D eigenvalue weighted by Gasteiger charge is -2.36. The van der Waals surface area contributed by atoms with Crippen molar-refractivity contribution in [3.8, 4) is 17.1 Å². The number of benzene rings is 3. The molecule has 1 aliphatic rings. The van der Waals surface area contributed by atoms with Crippen LogP contribution in [0, 0.1) is 6.92 Å². The first kappa shape index (κ1) is 23.0. The van der Waals surface area contributed by atoms with Gasteiger partial charge in [0.25, 0.3) is 0 Å². The number of ether oxygens (including phenoxy) is 1. The summed E-state index contributed by atoms with van der Waals surface area (Å²) in [5, 5.41) is 4.12. The minimum atomic E-state index is 0.0150. The number of rotatable bonds is 7. The molecule has 1 aromatic heterocycles. The number of piperazine rings is 1. The number of nitrogens with one attached hydrogen (secondary N) is 1. The second kappa shape index (κ2) is 10.2. The van der Waals surface area contributed by atoms with Gasteiger partial charge in [0, 0.05) is 50.4 Å². The lowest BCUT2D eigenvalue weighted by molar-refractivity contribution is 0.266. The summed E-state index contributed by atoms with van der Waals surface area (Å²) in [4.78, 5) is 17.9. The van der Waals surface area contributed by atoms with E-state index >= 15 is 0 Å². The molecule has 3 aromatic carbocycles. The Labute approximate surface area is 205 Å². The predicted molar refractivity (Wildman–Crippen MR) is 143 cm³/mol. The van der Waals surface area contributed by atoms with Gasteiger partial charge in [-0.1, -0.05) is 48.5 Å². The molecule has 1 aliphatic heterocycles. The van der Waals surface area contributed by atoms with E-state index in [-0.39, 0.29) is 5.43 Å². The zero-order chi connectivity index (χ0) is 24.2. The van der Waals surface area contributed by atoms with Gasteiger partial charge in [-0.2, -0.15) is 0 Å². The number of methoxy groups -OCH3 is 1. The SMILES string of the molecule is COc1ccccc1N1CCN(CCNc2cccc3c(=O)c(C)c(-c4ccccc4)oc23)CC1. The van der Waals surface area contributed by atoms with Gasteiger partial charge < -0.3 is 19.4 Å². The van der Waals surface area contributed by atoms with E-state index in [1.54, 1.807) is 7.11 Å². The van der Waals surface area contributed by atoms with Gasteiger partial charge in [0.05, 0.1) is 23.9 Å². The van der Waals surface area contributed by atoms with E-state index in [1.165, 1.54) is 0 Å². The zero-order valence-electron chi connectivity index (χ0n) is 20.3. The van der Waals surface area contributed by atoms with E-state index in [9.17, 15) is 4.79 Å². The fraction of sp³-hybridized carbons (Fsp3) is 0.276. The van der Waals surface area contributed by atoms with Crippen molar-refractivity contribution in [2.45, 2.75) is 6.92 Å². The number of nitrogens with zero attached hydrogens (tertiary/aromatic N) is 2. The third-order valence-electron chi connectivity index (χ3n) is 6.72. The summed E-state index contributed by atoms with van der Waals surface area (Å²) >= 11 is 0. The lowest BCUT2D eigenvalue weighted by atomic mass is 10.1. The fourth-order valence-electron chi connectivity index (χ4n) is 4.77. The molecular weight excluding hydrogens is 438 g/mol. The monoisotopic (exact) mass is 469 g/mol. The van der Waals surface area contributed by atoms with Crippen molar-refractivity contribution < 1.29 is 9.15 Å². The summed E-state index contributed by atoms with van der Waals surface area (Å²) in [7, 11) is 1.72. The second-order valence-electron chi connectivity index (χ2n) is 8.86. The average Bonchev–Trinajstić information content (AvgIpc) is 2.92. The maximum absolute atomic E-state index is 13.1. The quantitative estimate of drug-likeness (QED) is 0.411. The summed E-state index contributed by atoms with van der Waals surface area (Å²) in [6, 6.07) is 23.7. The van der Waals surface area contributed by atoms with Gasteiger partial charge in [0.2, 0.25) is 0 Å². The molecule has 6 heteroatoms. The summed E-state index contributed by atoms with van der Waals surface area (Å²) in [6.07, 6.45) is 0. The van der Waals surface area contributed by atoms with Crippen molar-refractivity contribution in [3.63, 3.8) is 0 Å². The highest BCUT2D eigenvalue weighted by Gasteiger charge is 2.20. The molecule has 0 spiro atoms. The van der Waals surface area contributed by atoms with E-state index in [2.05, 4.69) is 27.2 Å². The first-order chi connectivity index (χ1) is 17.2. The van der Waals surface area contributed by atoms with Crippen LogP contribution in [-0.4, -0.2) is 51.3 Å². The van der Waals surface area contributed by atoms with Crippen LogP contribution in [0.15, 0.2) is 82.0 Å². The third-order valence-corrected chi connectivity index (χ3v) is 6.72. The highest BCUT2D eigenvalue weighted by molar-refractivity contribution is 5.90. The van der Waals surface area contributed by atoms with Crippen LogP contribution in [-0.2, 0) is 0 Å². The standard InChI is InChI=1S/C29H31N3O3/c1-21-27(33)23-11-8-12-24(29(23)35-28(21)22-9-4-3-5-10-22)30-15-16-31-17-19-32(20-18-31)25-13-6-7-14-26(25)34-2/h3-14,30H,15-20H2,1-2H3. The Morgan fingerprint density at radius 1 is 0.914 bits per heavy atom. The van der Waals surface area contributed by atoms with Crippen molar-refractivity contribution in [3.05, 3.63) is 88.6 Å². The molecule has 0 saturated carbocycles. The Morgan fingerprint density at radius 3 is 2.43 bits per heavy atom. The molecule has 1 fully saturated rings. The van der Waals surface area contributed by atoms with E-state index in [0.717, 1.165) is 62.0 Å². The van der Waals surface area contributed by atoms with Gasteiger partial charge in [0.15, 0.2) is 11.0 Å². The van der Waals surface area contributed by atoms with Gasteiger partial charge in [-0.25, -0.2) is 0 Å². The highest BCUT2D eigenvalue weighted by Crippen LogP contribution is 2.30. The largest absolute Gasteiger partial charge is 0.495 e. The maximum atomic E-state index is 13.1. The molecule has 180 valence electrons. The molecule has 1 N–H and O–H groups in total. The van der Waals surface area contributed by atoms with E-state index in [1.807, 2.05) is 67.6 Å². The van der Waals surface area contributed by atoms with Gasteiger partial charge >= 0.3 is 0 Å². The normalized spacial score (nSPS) is 14.3. The summed E-state index contributed by atoms with van der Waals surface area (Å²) in [6.45, 7) is 7.41. The third kappa shape index (κ3) is 4.75. The number of fused-ring (bicyclic) bond motifs is 1. The molecule has 0 unspecified atom stereocenters. The molecular formula is C29H31N3O3. The molecule has 1 saturated heterocycles. The lowest BCUT2D eigenvalue weighted by Crippen LogP contribution is -2.47. The van der Waals surface area contributed by atoms with Crippen molar-refractivity contribution in [2.75, 3.05) is 56.6 Å². The molecule has 0 radical (unpaired) electrons. The maximum Gasteiger partial charge on any atom is 0.196 e. The van der Waals surface area contributed by atoms with E-state index < -0.39 is 0 Å². The molecule has 5 rings (SSSR count). The van der Waals surface area contributed by atoms with Crippen molar-refractivity contribution in [1.82, 2.24) is 4.90 Å². The minimum absolute atomic E-state index is 0.0150. The number of para-hydroxylation sites is 3. The molecule has 2 heterocycles. The molecule has 4 aromatic rings. The van der Waals surface area contributed by atoms with Crippen LogP contribution in [0.5, 0.6) is 5.75 Å². The molecule has 35 heavy (non-hydrogen) atoms. The molecule has 0 atom stereocenters. The number of hydrogen-bond donors (Lipinski definition) is 1. The van der Waals surface area contributed by atoms with Crippen molar-refractivity contribution in [1.29, 1.82) is 0 Å². The molecule has 0 bridgehead atoms. The van der Waals surface area contributed by atoms with E-state index in [0.29, 0.717) is 22.3 Å². The fourth-order valence-corrected chi connectivity index (χ4v) is 4.77. The predicted octanol–water partition coefficient (Wildman–Crippen LogP) is 5.01. The van der Waals surface area contributed by atoms with Crippen LogP contribution >= 0.6 is 0 Å². The van der Waals surface area contributed by atoms with E-state index in [4.69, 9.17) is 9.15 Å². The smallest absolute Gasteiger partial charge is 0.196 e. The average molecular weight is 470 g/mol. The van der Waals surface area contributed by atoms with Crippen LogP contribution < -0.4 is 20.4 Å². The van der Waals surface area contributed by atoms with Crippen molar-refractivity contribution in [2.24, 2.45) is 0 Å². The molecule has 6 nitrogen and oxygen atoms in total. The zero-order valence-corrected chi connectivity index (χ0v) is 20.3. The van der Waals surface area contributed by atoms with Gasteiger partial charge in [0.1, 0.15) is 11.5 Å². The van der Waals surface area contributed by atoms with Crippen LogP contribution in [0.3, 0.4) is 0 Å². The number of hydrogen-bond acceptors (Lipinski definition) is 6. The first-order valence-electron chi connectivity index (χ1n) is 12.1. The van der Waals surface area contributed by atoms with Crippen molar-refractivity contribution >= 4 is 22.3 Å². The number of anilines is 2.